The van der Waals surface area contributed by atoms with Crippen LogP contribution in [-0.4, -0.2) is 71.9 Å². The summed E-state index contributed by atoms with van der Waals surface area (Å²) < 4.78 is 0. The fourth-order valence-electron chi connectivity index (χ4n) is 4.32. The molecule has 7 heteroatoms. The Kier molecular flexibility index (Phi) is 6.82. The average molecular weight is 422 g/mol. The number of carbonyl (C=O) groups is 2. The number of aromatic nitrogens is 1. The molecular weight excluding hydrogens is 390 g/mol. The molecule has 0 aliphatic carbocycles. The van der Waals surface area contributed by atoms with Crippen LogP contribution in [0.4, 0.5) is 5.69 Å². The molecule has 0 saturated carbocycles. The molecule has 2 aromatic rings. The van der Waals surface area contributed by atoms with E-state index >= 15 is 0 Å². The summed E-state index contributed by atoms with van der Waals surface area (Å²) >= 11 is 0. The minimum absolute atomic E-state index is 0.0384. The van der Waals surface area contributed by atoms with Gasteiger partial charge in [-0.25, -0.2) is 0 Å². The number of nitrogens with one attached hydrogen (secondary N) is 1. The maximum absolute atomic E-state index is 13.2. The molecule has 1 atom stereocenters. The summed E-state index contributed by atoms with van der Waals surface area (Å²) in [6.07, 6.45) is 4.83. The molecular formula is C24H31N5O2. The van der Waals surface area contributed by atoms with Gasteiger partial charge in [-0.05, 0) is 48.7 Å². The minimum atomic E-state index is 0.0384. The van der Waals surface area contributed by atoms with Crippen LogP contribution in [0.5, 0.6) is 0 Å². The first kappa shape index (κ1) is 21.3. The number of hydrogen-bond donors (Lipinski definition) is 1. The van der Waals surface area contributed by atoms with Crippen LogP contribution in [0.2, 0.25) is 0 Å². The molecule has 0 unspecified atom stereocenters. The van der Waals surface area contributed by atoms with Crippen molar-refractivity contribution in [2.45, 2.75) is 32.4 Å². The van der Waals surface area contributed by atoms with E-state index in [0.29, 0.717) is 26.1 Å². The van der Waals surface area contributed by atoms with Gasteiger partial charge in [-0.3, -0.25) is 19.5 Å². The van der Waals surface area contributed by atoms with Crippen LogP contribution in [0.15, 0.2) is 48.8 Å². The summed E-state index contributed by atoms with van der Waals surface area (Å²) in [4.78, 5) is 35.4. The third-order valence-corrected chi connectivity index (χ3v) is 6.10. The lowest BCUT2D eigenvalue weighted by atomic mass is 10.1. The van der Waals surface area contributed by atoms with Gasteiger partial charge in [0.05, 0.1) is 6.54 Å². The van der Waals surface area contributed by atoms with Crippen LogP contribution in [0.3, 0.4) is 0 Å². The molecule has 164 valence electrons. The van der Waals surface area contributed by atoms with Crippen LogP contribution < -0.4 is 10.2 Å². The van der Waals surface area contributed by atoms with Crippen molar-refractivity contribution < 1.29 is 9.59 Å². The lowest BCUT2D eigenvalue weighted by Crippen LogP contribution is -2.51. The Morgan fingerprint density at radius 2 is 1.94 bits per heavy atom. The zero-order chi connectivity index (χ0) is 21.6. The number of nitrogens with zero attached hydrogens (tertiary/aromatic N) is 4. The van der Waals surface area contributed by atoms with Crippen molar-refractivity contribution in [3.8, 4) is 0 Å². The molecule has 2 saturated heterocycles. The van der Waals surface area contributed by atoms with Gasteiger partial charge in [0.2, 0.25) is 11.8 Å². The summed E-state index contributed by atoms with van der Waals surface area (Å²) in [7, 11) is 0. The van der Waals surface area contributed by atoms with Crippen LogP contribution in [0, 0.1) is 6.92 Å². The molecule has 0 bridgehead atoms. The topological polar surface area (TPSA) is 68.8 Å². The summed E-state index contributed by atoms with van der Waals surface area (Å²) in [5.41, 5.74) is 3.57. The number of carbonyl (C=O) groups excluding carboxylic acids is 2. The average Bonchev–Trinajstić information content (AvgIpc) is 3.19. The maximum Gasteiger partial charge on any atom is 0.237 e. The van der Waals surface area contributed by atoms with Crippen molar-refractivity contribution >= 4 is 17.5 Å². The van der Waals surface area contributed by atoms with E-state index in [9.17, 15) is 9.59 Å². The first-order valence-corrected chi connectivity index (χ1v) is 11.1. The largest absolute Gasteiger partial charge is 0.369 e. The molecule has 2 aliphatic rings. The van der Waals surface area contributed by atoms with Crippen LogP contribution in [0.1, 0.15) is 24.0 Å². The normalized spacial score (nSPS) is 19.3. The van der Waals surface area contributed by atoms with Gasteiger partial charge < -0.3 is 15.1 Å². The monoisotopic (exact) mass is 421 g/mol. The van der Waals surface area contributed by atoms with Gasteiger partial charge >= 0.3 is 0 Å². The zero-order valence-electron chi connectivity index (χ0n) is 18.2. The maximum atomic E-state index is 13.2. The van der Waals surface area contributed by atoms with Crippen LogP contribution in [-0.2, 0) is 16.1 Å². The molecule has 1 N–H and O–H groups in total. The van der Waals surface area contributed by atoms with Gasteiger partial charge in [0.25, 0.3) is 0 Å². The van der Waals surface area contributed by atoms with Crippen molar-refractivity contribution in [3.05, 3.63) is 59.9 Å². The highest BCUT2D eigenvalue weighted by Crippen LogP contribution is 2.18. The van der Waals surface area contributed by atoms with E-state index in [1.165, 1.54) is 11.3 Å². The number of anilines is 1. The van der Waals surface area contributed by atoms with Crippen molar-refractivity contribution in [2.24, 2.45) is 0 Å². The third kappa shape index (κ3) is 5.82. The zero-order valence-corrected chi connectivity index (χ0v) is 18.2. The van der Waals surface area contributed by atoms with E-state index in [2.05, 4.69) is 51.3 Å². The highest BCUT2D eigenvalue weighted by atomic mass is 16.2. The number of pyridine rings is 1. The molecule has 1 aromatic carbocycles. The SMILES string of the molecule is Cc1cccc(N2CCN(CC(=O)N(Cc3ccncc3)C[C@@H]3CCC(=O)N3)CC2)c1. The van der Waals surface area contributed by atoms with E-state index in [0.717, 1.165) is 38.2 Å². The molecule has 0 radical (unpaired) electrons. The van der Waals surface area contributed by atoms with E-state index < -0.39 is 0 Å². The smallest absolute Gasteiger partial charge is 0.237 e. The number of piperazine rings is 1. The van der Waals surface area contributed by atoms with Crippen LogP contribution >= 0.6 is 0 Å². The number of amides is 2. The molecule has 31 heavy (non-hydrogen) atoms. The van der Waals surface area contributed by atoms with Gasteiger partial charge in [0, 0.05) is 69.8 Å². The molecule has 3 heterocycles. The highest BCUT2D eigenvalue weighted by Gasteiger charge is 2.27. The van der Waals surface area contributed by atoms with E-state index in [-0.39, 0.29) is 17.9 Å². The Morgan fingerprint density at radius 1 is 1.16 bits per heavy atom. The Bertz CT molecular complexity index is 896. The van der Waals surface area contributed by atoms with E-state index in [1.54, 1.807) is 12.4 Å². The lowest BCUT2D eigenvalue weighted by molar-refractivity contribution is -0.133. The van der Waals surface area contributed by atoms with Crippen LogP contribution in [0.25, 0.3) is 0 Å². The number of hydrogen-bond acceptors (Lipinski definition) is 5. The Morgan fingerprint density at radius 3 is 2.61 bits per heavy atom. The second kappa shape index (κ2) is 9.92. The fourth-order valence-corrected chi connectivity index (χ4v) is 4.32. The number of rotatable bonds is 7. The second-order valence-corrected chi connectivity index (χ2v) is 8.54. The van der Waals surface area contributed by atoms with Gasteiger partial charge in [0.1, 0.15) is 0 Å². The van der Waals surface area contributed by atoms with Gasteiger partial charge in [-0.2, -0.15) is 0 Å². The quantitative estimate of drug-likeness (QED) is 0.739. The van der Waals surface area contributed by atoms with Crippen molar-refractivity contribution in [2.75, 3.05) is 44.2 Å². The molecule has 2 amide bonds. The predicted octanol–water partition coefficient (Wildman–Crippen LogP) is 1.82. The first-order chi connectivity index (χ1) is 15.1. The minimum Gasteiger partial charge on any atom is -0.369 e. The van der Waals surface area contributed by atoms with Gasteiger partial charge in [-0.1, -0.05) is 12.1 Å². The Labute approximate surface area is 184 Å². The third-order valence-electron chi connectivity index (χ3n) is 6.10. The first-order valence-electron chi connectivity index (χ1n) is 11.1. The number of aryl methyl sites for hydroxylation is 1. The van der Waals surface area contributed by atoms with Gasteiger partial charge in [0.15, 0.2) is 0 Å². The Balaban J connectivity index is 1.35. The molecule has 2 fully saturated rings. The summed E-state index contributed by atoms with van der Waals surface area (Å²) in [6.45, 7) is 7.18. The van der Waals surface area contributed by atoms with E-state index in [1.807, 2.05) is 17.0 Å². The lowest BCUT2D eigenvalue weighted by Gasteiger charge is -2.37. The Hall–Kier alpha value is -2.93. The van der Waals surface area contributed by atoms with E-state index in [4.69, 9.17) is 0 Å². The van der Waals surface area contributed by atoms with Crippen molar-refractivity contribution in [3.63, 3.8) is 0 Å². The van der Waals surface area contributed by atoms with Crippen molar-refractivity contribution in [1.29, 1.82) is 0 Å². The molecule has 4 rings (SSSR count). The predicted molar refractivity (Wildman–Crippen MR) is 121 cm³/mol. The summed E-state index contributed by atoms with van der Waals surface area (Å²) in [6, 6.07) is 12.5. The van der Waals surface area contributed by atoms with Crippen molar-refractivity contribution in [1.82, 2.24) is 20.1 Å². The second-order valence-electron chi connectivity index (χ2n) is 8.54. The molecule has 1 aromatic heterocycles. The molecule has 7 nitrogen and oxygen atoms in total. The highest BCUT2D eigenvalue weighted by molar-refractivity contribution is 5.80. The fraction of sp³-hybridized carbons (Fsp3) is 0.458. The molecule has 0 spiro atoms. The summed E-state index contributed by atoms with van der Waals surface area (Å²) in [5.74, 6) is 0.190. The van der Waals surface area contributed by atoms with Gasteiger partial charge in [-0.15, -0.1) is 0 Å². The molecule has 2 aliphatic heterocycles. The number of benzene rings is 1. The summed E-state index contributed by atoms with van der Waals surface area (Å²) in [5, 5.41) is 2.99. The standard InChI is InChI=1S/C24H31N5O2/c1-19-3-2-4-22(15-19)28-13-11-27(12-14-28)18-24(31)29(16-20-7-9-25-10-8-20)17-21-5-6-23(30)26-21/h2-4,7-10,15,21H,5-6,11-14,16-18H2,1H3,(H,26,30)/t21-/m0/s1.